The van der Waals surface area contributed by atoms with E-state index in [0.29, 0.717) is 11.0 Å². The second kappa shape index (κ2) is 5.59. The van der Waals surface area contributed by atoms with Crippen molar-refractivity contribution < 1.29 is 0 Å². The van der Waals surface area contributed by atoms with E-state index < -0.39 is 0 Å². The summed E-state index contributed by atoms with van der Waals surface area (Å²) >= 11 is 1.51. The summed E-state index contributed by atoms with van der Waals surface area (Å²) in [5.41, 5.74) is 0.654. The zero-order chi connectivity index (χ0) is 14.1. The minimum absolute atomic E-state index is 0.0950. The van der Waals surface area contributed by atoms with Gasteiger partial charge in [0.25, 0.3) is 5.56 Å². The van der Waals surface area contributed by atoms with Crippen molar-refractivity contribution in [1.82, 2.24) is 24.8 Å². The molecule has 0 saturated carbocycles. The molecule has 0 aliphatic carbocycles. The minimum Gasteiger partial charge on any atom is -0.314 e. The standard InChI is InChI=1S/C13H19N5OS/c1-3-4-17(10-6-14-7-10)8-11-16-18-12(19)5-9(2)15-13(18)20-11/h5,10,14H,3-4,6-8H2,1-2H3. The maximum Gasteiger partial charge on any atom is 0.275 e. The van der Waals surface area contributed by atoms with E-state index in [0.717, 1.165) is 43.3 Å². The van der Waals surface area contributed by atoms with Crippen molar-refractivity contribution in [3.63, 3.8) is 0 Å². The van der Waals surface area contributed by atoms with Crippen molar-refractivity contribution in [1.29, 1.82) is 0 Å². The monoisotopic (exact) mass is 293 g/mol. The third-order valence-corrected chi connectivity index (χ3v) is 4.43. The summed E-state index contributed by atoms with van der Waals surface area (Å²) in [6.07, 6.45) is 1.12. The number of rotatable bonds is 5. The maximum absolute atomic E-state index is 11.9. The third kappa shape index (κ3) is 2.61. The molecule has 0 amide bonds. The first kappa shape index (κ1) is 13.7. The fourth-order valence-electron chi connectivity index (χ4n) is 2.41. The molecular formula is C13H19N5OS. The highest BCUT2D eigenvalue weighted by Gasteiger charge is 2.25. The molecule has 2 aromatic rings. The smallest absolute Gasteiger partial charge is 0.275 e. The summed E-state index contributed by atoms with van der Waals surface area (Å²) in [5.74, 6) is 0. The van der Waals surface area contributed by atoms with Crippen molar-refractivity contribution in [2.24, 2.45) is 0 Å². The first-order valence-electron chi connectivity index (χ1n) is 6.98. The molecule has 0 spiro atoms. The zero-order valence-electron chi connectivity index (χ0n) is 11.8. The normalized spacial score (nSPS) is 15.9. The van der Waals surface area contributed by atoms with E-state index in [9.17, 15) is 4.79 Å². The SMILES string of the molecule is CCCN(Cc1nn2c(=O)cc(C)nc2s1)C1CNC1. The van der Waals surface area contributed by atoms with E-state index in [1.54, 1.807) is 0 Å². The summed E-state index contributed by atoms with van der Waals surface area (Å²) in [6.45, 7) is 7.97. The molecule has 20 heavy (non-hydrogen) atoms. The molecule has 1 aliphatic rings. The molecule has 1 fully saturated rings. The summed E-state index contributed by atoms with van der Waals surface area (Å²) in [6, 6.07) is 2.12. The first-order chi connectivity index (χ1) is 9.67. The van der Waals surface area contributed by atoms with Gasteiger partial charge >= 0.3 is 0 Å². The average Bonchev–Trinajstić information content (AvgIpc) is 2.69. The molecule has 0 aromatic carbocycles. The second-order valence-electron chi connectivity index (χ2n) is 5.21. The van der Waals surface area contributed by atoms with Crippen molar-refractivity contribution >= 4 is 16.3 Å². The van der Waals surface area contributed by atoms with E-state index in [4.69, 9.17) is 0 Å². The number of fused-ring (bicyclic) bond motifs is 1. The molecule has 0 radical (unpaired) electrons. The fourth-order valence-corrected chi connectivity index (χ4v) is 3.38. The molecule has 7 heteroatoms. The number of aryl methyl sites for hydroxylation is 1. The first-order valence-corrected chi connectivity index (χ1v) is 7.80. The zero-order valence-corrected chi connectivity index (χ0v) is 12.6. The van der Waals surface area contributed by atoms with Crippen LogP contribution in [-0.4, -0.2) is 45.2 Å². The lowest BCUT2D eigenvalue weighted by atomic mass is 10.1. The molecule has 2 aromatic heterocycles. The third-order valence-electron chi connectivity index (χ3n) is 3.54. The van der Waals surface area contributed by atoms with Gasteiger partial charge in [-0.15, -0.1) is 0 Å². The molecule has 0 bridgehead atoms. The molecule has 3 rings (SSSR count). The minimum atomic E-state index is -0.0950. The van der Waals surface area contributed by atoms with Gasteiger partial charge in [0, 0.05) is 30.9 Å². The predicted molar refractivity (Wildman–Crippen MR) is 79.2 cm³/mol. The summed E-state index contributed by atoms with van der Waals surface area (Å²) in [4.78, 5) is 19.4. The number of aromatic nitrogens is 3. The van der Waals surface area contributed by atoms with Crippen LogP contribution < -0.4 is 10.9 Å². The average molecular weight is 293 g/mol. The van der Waals surface area contributed by atoms with Crippen molar-refractivity contribution in [2.75, 3.05) is 19.6 Å². The van der Waals surface area contributed by atoms with Crippen LogP contribution in [-0.2, 0) is 6.54 Å². The Bertz CT molecular complexity index is 660. The van der Waals surface area contributed by atoms with Gasteiger partial charge in [-0.25, -0.2) is 4.98 Å². The molecule has 1 aliphatic heterocycles. The van der Waals surface area contributed by atoms with Crippen molar-refractivity contribution in [3.8, 4) is 0 Å². The Hall–Kier alpha value is -1.31. The van der Waals surface area contributed by atoms with Crippen LogP contribution in [0.4, 0.5) is 0 Å². The van der Waals surface area contributed by atoms with Gasteiger partial charge in [-0.3, -0.25) is 9.69 Å². The highest BCUT2D eigenvalue weighted by atomic mass is 32.1. The molecular weight excluding hydrogens is 274 g/mol. The molecule has 108 valence electrons. The second-order valence-corrected chi connectivity index (χ2v) is 6.25. The van der Waals surface area contributed by atoms with Crippen LogP contribution in [0.1, 0.15) is 24.0 Å². The lowest BCUT2D eigenvalue weighted by Gasteiger charge is -2.37. The molecule has 0 atom stereocenters. The highest BCUT2D eigenvalue weighted by Crippen LogP contribution is 2.16. The largest absolute Gasteiger partial charge is 0.314 e. The quantitative estimate of drug-likeness (QED) is 0.877. The molecule has 1 saturated heterocycles. The van der Waals surface area contributed by atoms with Gasteiger partial charge in [0.2, 0.25) is 4.96 Å². The summed E-state index contributed by atoms with van der Waals surface area (Å²) < 4.78 is 1.41. The molecule has 0 unspecified atom stereocenters. The topological polar surface area (TPSA) is 62.5 Å². The van der Waals surface area contributed by atoms with Gasteiger partial charge in [0.05, 0.1) is 6.54 Å². The van der Waals surface area contributed by atoms with Gasteiger partial charge in [-0.05, 0) is 19.9 Å². The molecule has 3 heterocycles. The number of nitrogens with zero attached hydrogens (tertiary/aromatic N) is 4. The van der Waals surface area contributed by atoms with E-state index in [-0.39, 0.29) is 5.56 Å². The highest BCUT2D eigenvalue weighted by molar-refractivity contribution is 7.16. The van der Waals surface area contributed by atoms with Gasteiger partial charge < -0.3 is 5.32 Å². The van der Waals surface area contributed by atoms with E-state index >= 15 is 0 Å². The van der Waals surface area contributed by atoms with Gasteiger partial charge in [-0.2, -0.15) is 9.61 Å². The van der Waals surface area contributed by atoms with Gasteiger partial charge in [0.15, 0.2) is 0 Å². The Kier molecular flexibility index (Phi) is 3.82. The Morgan fingerprint density at radius 2 is 2.35 bits per heavy atom. The van der Waals surface area contributed by atoms with Crippen LogP contribution in [0.2, 0.25) is 0 Å². The maximum atomic E-state index is 11.9. The van der Waals surface area contributed by atoms with Crippen LogP contribution in [0.3, 0.4) is 0 Å². The van der Waals surface area contributed by atoms with E-state index in [1.807, 2.05) is 6.92 Å². The molecule has 6 nitrogen and oxygen atoms in total. The Morgan fingerprint density at radius 3 is 3.00 bits per heavy atom. The van der Waals surface area contributed by atoms with Gasteiger partial charge in [-0.1, -0.05) is 18.3 Å². The van der Waals surface area contributed by atoms with Crippen LogP contribution in [0.5, 0.6) is 0 Å². The van der Waals surface area contributed by atoms with Crippen LogP contribution in [0.25, 0.3) is 4.96 Å². The number of nitrogens with one attached hydrogen (secondary N) is 1. The Morgan fingerprint density at radius 1 is 1.55 bits per heavy atom. The van der Waals surface area contributed by atoms with Crippen LogP contribution >= 0.6 is 11.3 Å². The number of hydrogen-bond donors (Lipinski definition) is 1. The van der Waals surface area contributed by atoms with Crippen LogP contribution in [0, 0.1) is 6.92 Å². The van der Waals surface area contributed by atoms with Crippen molar-refractivity contribution in [2.45, 2.75) is 32.9 Å². The van der Waals surface area contributed by atoms with E-state index in [1.165, 1.54) is 21.9 Å². The van der Waals surface area contributed by atoms with E-state index in [2.05, 4.69) is 27.2 Å². The predicted octanol–water partition coefficient (Wildman–Crippen LogP) is 0.643. The van der Waals surface area contributed by atoms with Crippen LogP contribution in [0.15, 0.2) is 10.9 Å². The molecule has 1 N–H and O–H groups in total. The van der Waals surface area contributed by atoms with Crippen molar-refractivity contribution in [3.05, 3.63) is 27.1 Å². The summed E-state index contributed by atoms with van der Waals surface area (Å²) in [5, 5.41) is 8.68. The fraction of sp³-hybridized carbons (Fsp3) is 0.615. The lowest BCUT2D eigenvalue weighted by Crippen LogP contribution is -2.56. The Labute approximate surface area is 121 Å². The Balaban J connectivity index is 1.86. The lowest BCUT2D eigenvalue weighted by molar-refractivity contribution is 0.137. The van der Waals surface area contributed by atoms with Gasteiger partial charge in [0.1, 0.15) is 5.01 Å². The number of hydrogen-bond acceptors (Lipinski definition) is 6. The summed E-state index contributed by atoms with van der Waals surface area (Å²) in [7, 11) is 0.